The van der Waals surface area contributed by atoms with Crippen molar-refractivity contribution in [2.75, 3.05) is 12.0 Å². The molecule has 62 valence electrons. The second-order valence-electron chi connectivity index (χ2n) is 2.46. The van der Waals surface area contributed by atoms with Crippen LogP contribution < -0.4 is 0 Å². The maximum Gasteiger partial charge on any atom is 0.147 e. The molecule has 1 aromatic heterocycles. The molecule has 1 aromatic rings. The quantitative estimate of drug-likeness (QED) is 0.720. The minimum absolute atomic E-state index is 0.257. The third-order valence-corrected chi connectivity index (χ3v) is 3.18. The first-order valence-corrected chi connectivity index (χ1v) is 6.22. The van der Waals surface area contributed by atoms with Gasteiger partial charge in [0.1, 0.15) is 9.84 Å². The van der Waals surface area contributed by atoms with Gasteiger partial charge in [0.2, 0.25) is 0 Å². The van der Waals surface area contributed by atoms with Crippen LogP contribution >= 0.6 is 11.3 Å². The van der Waals surface area contributed by atoms with Gasteiger partial charge in [-0.1, -0.05) is 6.07 Å². The minimum atomic E-state index is -2.79. The Labute approximate surface area is 70.8 Å². The van der Waals surface area contributed by atoms with Crippen molar-refractivity contribution < 1.29 is 8.42 Å². The molecule has 0 radical (unpaired) electrons. The largest absolute Gasteiger partial charge is 0.229 e. The summed E-state index contributed by atoms with van der Waals surface area (Å²) in [5, 5.41) is 1.96. The Bertz CT molecular complexity index is 297. The monoisotopic (exact) mass is 190 g/mol. The predicted octanol–water partition coefficient (Wildman–Crippen LogP) is 1.34. The number of aryl methyl sites for hydroxylation is 1. The van der Waals surface area contributed by atoms with E-state index in [0.29, 0.717) is 6.42 Å². The fourth-order valence-corrected chi connectivity index (χ4v) is 2.17. The topological polar surface area (TPSA) is 34.1 Å². The van der Waals surface area contributed by atoms with Crippen LogP contribution in [-0.2, 0) is 16.3 Å². The van der Waals surface area contributed by atoms with Gasteiger partial charge in [0.25, 0.3) is 0 Å². The van der Waals surface area contributed by atoms with Crippen LogP contribution in [0.5, 0.6) is 0 Å². The van der Waals surface area contributed by atoms with E-state index in [0.717, 1.165) is 4.88 Å². The molecule has 0 fully saturated rings. The zero-order chi connectivity index (χ0) is 8.32. The zero-order valence-corrected chi connectivity index (χ0v) is 7.91. The molecule has 0 N–H and O–H groups in total. The predicted molar refractivity (Wildman–Crippen MR) is 47.7 cm³/mol. The van der Waals surface area contributed by atoms with Gasteiger partial charge in [0.05, 0.1) is 5.75 Å². The van der Waals surface area contributed by atoms with E-state index in [-0.39, 0.29) is 5.75 Å². The molecule has 0 bridgehead atoms. The molecule has 0 spiro atoms. The normalized spacial score (nSPS) is 11.7. The second-order valence-corrected chi connectivity index (χ2v) is 5.75. The molecule has 0 saturated heterocycles. The summed E-state index contributed by atoms with van der Waals surface area (Å²) in [6.07, 6.45) is 1.91. The van der Waals surface area contributed by atoms with E-state index in [1.165, 1.54) is 6.26 Å². The van der Waals surface area contributed by atoms with Crippen molar-refractivity contribution in [3.63, 3.8) is 0 Å². The summed E-state index contributed by atoms with van der Waals surface area (Å²) in [5.74, 6) is 0.257. The lowest BCUT2D eigenvalue weighted by molar-refractivity contribution is 0.601. The average Bonchev–Trinajstić information content (AvgIpc) is 2.32. The zero-order valence-electron chi connectivity index (χ0n) is 6.28. The van der Waals surface area contributed by atoms with Gasteiger partial charge in [-0.25, -0.2) is 8.42 Å². The van der Waals surface area contributed by atoms with E-state index in [2.05, 4.69) is 0 Å². The molecule has 0 unspecified atom stereocenters. The molecule has 11 heavy (non-hydrogen) atoms. The van der Waals surface area contributed by atoms with Gasteiger partial charge < -0.3 is 0 Å². The van der Waals surface area contributed by atoms with Gasteiger partial charge in [0.15, 0.2) is 0 Å². The molecule has 0 saturated carbocycles. The Kier molecular flexibility index (Phi) is 2.67. The number of hydrogen-bond donors (Lipinski definition) is 0. The van der Waals surface area contributed by atoms with Crippen molar-refractivity contribution in [2.24, 2.45) is 0 Å². The van der Waals surface area contributed by atoms with Crippen LogP contribution in [0, 0.1) is 0 Å². The first-order chi connectivity index (χ1) is 5.08. The lowest BCUT2D eigenvalue weighted by Gasteiger charge is -1.93. The summed E-state index contributed by atoms with van der Waals surface area (Å²) in [5.41, 5.74) is 0. The summed E-state index contributed by atoms with van der Waals surface area (Å²) in [4.78, 5) is 1.13. The maximum absolute atomic E-state index is 10.7. The van der Waals surface area contributed by atoms with E-state index >= 15 is 0 Å². The van der Waals surface area contributed by atoms with Crippen LogP contribution in [0.4, 0.5) is 0 Å². The molecule has 0 amide bonds. The smallest absolute Gasteiger partial charge is 0.147 e. The van der Waals surface area contributed by atoms with Gasteiger partial charge >= 0.3 is 0 Å². The summed E-state index contributed by atoms with van der Waals surface area (Å²) < 4.78 is 21.5. The Morgan fingerprint density at radius 2 is 2.27 bits per heavy atom. The van der Waals surface area contributed by atoms with E-state index in [1.807, 2.05) is 17.5 Å². The van der Waals surface area contributed by atoms with Crippen LogP contribution in [0.15, 0.2) is 17.5 Å². The second kappa shape index (κ2) is 3.36. The Morgan fingerprint density at radius 1 is 1.55 bits per heavy atom. The highest BCUT2D eigenvalue weighted by atomic mass is 32.2. The molecule has 0 aromatic carbocycles. The third-order valence-electron chi connectivity index (χ3n) is 1.30. The SMILES string of the molecule is CS(=O)(=O)CCc1cccs1. The van der Waals surface area contributed by atoms with E-state index in [4.69, 9.17) is 0 Å². The van der Waals surface area contributed by atoms with Crippen molar-refractivity contribution >= 4 is 21.2 Å². The van der Waals surface area contributed by atoms with Gasteiger partial charge in [0, 0.05) is 11.1 Å². The lowest BCUT2D eigenvalue weighted by atomic mass is 10.4. The van der Waals surface area contributed by atoms with Crippen molar-refractivity contribution in [2.45, 2.75) is 6.42 Å². The van der Waals surface area contributed by atoms with E-state index < -0.39 is 9.84 Å². The molecule has 0 aliphatic rings. The molecule has 1 rings (SSSR count). The number of hydrogen-bond acceptors (Lipinski definition) is 3. The van der Waals surface area contributed by atoms with Gasteiger partial charge in [-0.15, -0.1) is 11.3 Å². The van der Waals surface area contributed by atoms with Gasteiger partial charge in [-0.2, -0.15) is 0 Å². The molecule has 0 atom stereocenters. The van der Waals surface area contributed by atoms with E-state index in [1.54, 1.807) is 11.3 Å². The standard InChI is InChI=1S/C7H10O2S2/c1-11(8,9)6-4-7-3-2-5-10-7/h2-3,5H,4,6H2,1H3. The van der Waals surface area contributed by atoms with Gasteiger partial charge in [-0.3, -0.25) is 0 Å². The highest BCUT2D eigenvalue weighted by Gasteiger charge is 2.02. The maximum atomic E-state index is 10.7. The number of thiophene rings is 1. The van der Waals surface area contributed by atoms with Crippen molar-refractivity contribution in [3.8, 4) is 0 Å². The molecule has 2 nitrogen and oxygen atoms in total. The third kappa shape index (κ3) is 3.53. The van der Waals surface area contributed by atoms with Crippen LogP contribution in [-0.4, -0.2) is 20.4 Å². The first kappa shape index (κ1) is 8.74. The molecular formula is C7H10O2S2. The van der Waals surface area contributed by atoms with Crippen molar-refractivity contribution in [1.29, 1.82) is 0 Å². The summed E-state index contributed by atoms with van der Waals surface area (Å²) >= 11 is 1.60. The summed E-state index contributed by atoms with van der Waals surface area (Å²) in [7, 11) is -2.79. The first-order valence-electron chi connectivity index (χ1n) is 3.28. The summed E-state index contributed by atoms with van der Waals surface area (Å²) in [6, 6.07) is 3.89. The fourth-order valence-electron chi connectivity index (χ4n) is 0.741. The van der Waals surface area contributed by atoms with E-state index in [9.17, 15) is 8.42 Å². The molecule has 4 heteroatoms. The Hall–Kier alpha value is -0.350. The molecule has 0 aliphatic carbocycles. The fraction of sp³-hybridized carbons (Fsp3) is 0.429. The molecule has 0 aliphatic heterocycles. The lowest BCUT2D eigenvalue weighted by Crippen LogP contribution is -2.04. The van der Waals surface area contributed by atoms with Crippen molar-refractivity contribution in [1.82, 2.24) is 0 Å². The molecule has 1 heterocycles. The number of rotatable bonds is 3. The number of sulfone groups is 1. The average molecular weight is 190 g/mol. The minimum Gasteiger partial charge on any atom is -0.229 e. The van der Waals surface area contributed by atoms with Crippen molar-refractivity contribution in [3.05, 3.63) is 22.4 Å². The highest BCUT2D eigenvalue weighted by molar-refractivity contribution is 7.90. The Balaban J connectivity index is 2.48. The Morgan fingerprint density at radius 3 is 2.73 bits per heavy atom. The van der Waals surface area contributed by atoms with Crippen LogP contribution in [0.3, 0.4) is 0 Å². The summed E-state index contributed by atoms with van der Waals surface area (Å²) in [6.45, 7) is 0. The van der Waals surface area contributed by atoms with Crippen LogP contribution in [0.2, 0.25) is 0 Å². The van der Waals surface area contributed by atoms with Gasteiger partial charge in [-0.05, 0) is 17.9 Å². The highest BCUT2D eigenvalue weighted by Crippen LogP contribution is 2.09. The molecular weight excluding hydrogens is 180 g/mol. The van der Waals surface area contributed by atoms with Crippen LogP contribution in [0.25, 0.3) is 0 Å². The van der Waals surface area contributed by atoms with Crippen LogP contribution in [0.1, 0.15) is 4.88 Å².